The van der Waals surface area contributed by atoms with Crippen molar-refractivity contribution in [3.8, 4) is 0 Å². The predicted octanol–water partition coefficient (Wildman–Crippen LogP) is 3.63. The number of hydrogen-bond acceptors (Lipinski definition) is 1. The van der Waals surface area contributed by atoms with Crippen molar-refractivity contribution in [1.82, 2.24) is 0 Å². The number of hydrogen-bond donors (Lipinski definition) is 1. The molecule has 1 aromatic carbocycles. The summed E-state index contributed by atoms with van der Waals surface area (Å²) in [5.41, 5.74) is 2.33. The van der Waals surface area contributed by atoms with Gasteiger partial charge in [-0.3, -0.25) is 0 Å². The van der Waals surface area contributed by atoms with E-state index in [9.17, 15) is 4.39 Å². The molecule has 1 rings (SSSR count). The van der Waals surface area contributed by atoms with Gasteiger partial charge in [-0.1, -0.05) is 26.5 Å². The second kappa shape index (κ2) is 4.27. The van der Waals surface area contributed by atoms with Crippen LogP contribution in [0, 0.1) is 5.82 Å². The van der Waals surface area contributed by atoms with Gasteiger partial charge in [0, 0.05) is 12.6 Å². The van der Waals surface area contributed by atoms with Gasteiger partial charge in [0.15, 0.2) is 0 Å². The largest absolute Gasteiger partial charge is 0.385 e. The Kier molecular flexibility index (Phi) is 3.28. The number of nitrogens with one attached hydrogen (secondary N) is 1. The Bertz CT molecular complexity index is 342. The first-order chi connectivity index (χ1) is 6.60. The molecule has 0 unspecified atom stereocenters. The highest BCUT2D eigenvalue weighted by molar-refractivity contribution is 5.67. The Morgan fingerprint density at radius 1 is 1.43 bits per heavy atom. The summed E-state index contributed by atoms with van der Waals surface area (Å²) in [6, 6.07) is 3.54. The van der Waals surface area contributed by atoms with Crippen LogP contribution >= 0.6 is 0 Å². The van der Waals surface area contributed by atoms with Gasteiger partial charge in [-0.2, -0.15) is 0 Å². The molecule has 0 heterocycles. The Balaban J connectivity index is 3.31. The highest BCUT2D eigenvalue weighted by Crippen LogP contribution is 2.26. The van der Waals surface area contributed by atoms with Crippen molar-refractivity contribution < 1.29 is 4.39 Å². The number of rotatable bonds is 3. The first kappa shape index (κ1) is 10.8. The van der Waals surface area contributed by atoms with Crippen LogP contribution in [0.4, 0.5) is 10.1 Å². The van der Waals surface area contributed by atoms with E-state index in [0.29, 0.717) is 11.6 Å². The van der Waals surface area contributed by atoms with Crippen LogP contribution in [0.5, 0.6) is 0 Å². The molecule has 1 aromatic rings. The van der Waals surface area contributed by atoms with E-state index >= 15 is 0 Å². The predicted molar refractivity (Wildman–Crippen MR) is 60.1 cm³/mol. The van der Waals surface area contributed by atoms with Gasteiger partial charge in [0.05, 0.1) is 5.69 Å². The maximum Gasteiger partial charge on any atom is 0.147 e. The first-order valence-corrected chi connectivity index (χ1v) is 4.73. The quantitative estimate of drug-likeness (QED) is 0.772. The van der Waals surface area contributed by atoms with Crippen molar-refractivity contribution in [2.24, 2.45) is 0 Å². The molecule has 0 atom stereocenters. The highest BCUT2D eigenvalue weighted by Gasteiger charge is 2.09. The van der Waals surface area contributed by atoms with Gasteiger partial charge < -0.3 is 5.32 Å². The third-order valence-corrected chi connectivity index (χ3v) is 2.28. The van der Waals surface area contributed by atoms with Gasteiger partial charge in [-0.05, 0) is 23.6 Å². The number of halogens is 1. The van der Waals surface area contributed by atoms with Crippen molar-refractivity contribution in [3.05, 3.63) is 35.7 Å². The molecule has 1 nitrogen and oxygen atoms in total. The summed E-state index contributed by atoms with van der Waals surface area (Å²) in [7, 11) is 1.71. The minimum absolute atomic E-state index is 0.214. The second-order valence-electron chi connectivity index (χ2n) is 3.58. The minimum atomic E-state index is -0.214. The summed E-state index contributed by atoms with van der Waals surface area (Å²) in [4.78, 5) is 0. The normalized spacial score (nSPS) is 10.4. The van der Waals surface area contributed by atoms with E-state index in [1.165, 1.54) is 0 Å². The Hall–Kier alpha value is -1.31. The van der Waals surface area contributed by atoms with Crippen LogP contribution in [-0.2, 0) is 0 Å². The topological polar surface area (TPSA) is 12.0 Å². The lowest BCUT2D eigenvalue weighted by molar-refractivity contribution is 0.626. The maximum absolute atomic E-state index is 13.5. The lowest BCUT2D eigenvalue weighted by atomic mass is 9.99. The Morgan fingerprint density at radius 3 is 2.50 bits per heavy atom. The van der Waals surface area contributed by atoms with Gasteiger partial charge >= 0.3 is 0 Å². The van der Waals surface area contributed by atoms with Gasteiger partial charge in [-0.25, -0.2) is 4.39 Å². The summed E-state index contributed by atoms with van der Waals surface area (Å²) < 4.78 is 13.5. The van der Waals surface area contributed by atoms with Crippen molar-refractivity contribution in [3.63, 3.8) is 0 Å². The molecular weight excluding hydrogens is 177 g/mol. The summed E-state index contributed by atoms with van der Waals surface area (Å²) >= 11 is 0. The average molecular weight is 193 g/mol. The summed E-state index contributed by atoms with van der Waals surface area (Å²) in [5.74, 6) is 0.114. The fraction of sp³-hybridized carbons (Fsp3) is 0.333. The van der Waals surface area contributed by atoms with Crippen molar-refractivity contribution in [2.45, 2.75) is 19.8 Å². The van der Waals surface area contributed by atoms with Crippen LogP contribution in [0.15, 0.2) is 18.7 Å². The molecule has 0 amide bonds. The third-order valence-electron chi connectivity index (χ3n) is 2.28. The van der Waals surface area contributed by atoms with Gasteiger partial charge in [-0.15, -0.1) is 0 Å². The molecule has 2 heteroatoms. The standard InChI is InChI=1S/C12H16FN/c1-5-9-6-10(8(2)3)7-11(13)12(9)14-4/h5-8,14H,1H2,2-4H3. The van der Waals surface area contributed by atoms with Crippen LogP contribution in [0.25, 0.3) is 6.08 Å². The van der Waals surface area contributed by atoms with Crippen LogP contribution in [0.1, 0.15) is 30.9 Å². The Morgan fingerprint density at radius 2 is 2.07 bits per heavy atom. The smallest absolute Gasteiger partial charge is 0.147 e. The molecule has 0 radical (unpaired) electrons. The molecule has 0 spiro atoms. The zero-order valence-corrected chi connectivity index (χ0v) is 8.89. The molecule has 0 aliphatic rings. The van der Waals surface area contributed by atoms with E-state index < -0.39 is 0 Å². The number of anilines is 1. The Labute approximate surface area is 84.6 Å². The molecule has 0 fully saturated rings. The maximum atomic E-state index is 13.5. The molecular formula is C12H16FN. The van der Waals surface area contributed by atoms with E-state index in [2.05, 4.69) is 11.9 Å². The van der Waals surface area contributed by atoms with Crippen LogP contribution in [0.2, 0.25) is 0 Å². The van der Waals surface area contributed by atoms with Gasteiger partial charge in [0.1, 0.15) is 5.82 Å². The van der Waals surface area contributed by atoms with Crippen molar-refractivity contribution in [2.75, 3.05) is 12.4 Å². The molecule has 1 N–H and O–H groups in total. The highest BCUT2D eigenvalue weighted by atomic mass is 19.1. The lowest BCUT2D eigenvalue weighted by Gasteiger charge is -2.12. The number of benzene rings is 1. The fourth-order valence-electron chi connectivity index (χ4n) is 1.41. The van der Waals surface area contributed by atoms with E-state index in [1.807, 2.05) is 19.9 Å². The second-order valence-corrected chi connectivity index (χ2v) is 3.58. The SMILES string of the molecule is C=Cc1cc(C(C)C)cc(F)c1NC. The van der Waals surface area contributed by atoms with E-state index in [0.717, 1.165) is 11.1 Å². The monoisotopic (exact) mass is 193 g/mol. The minimum Gasteiger partial charge on any atom is -0.385 e. The summed E-state index contributed by atoms with van der Waals surface area (Å²) in [6.45, 7) is 7.76. The molecule has 0 bridgehead atoms. The van der Waals surface area contributed by atoms with E-state index in [-0.39, 0.29) is 5.82 Å². The van der Waals surface area contributed by atoms with Gasteiger partial charge in [0.25, 0.3) is 0 Å². The summed E-state index contributed by atoms with van der Waals surface area (Å²) in [6.07, 6.45) is 1.67. The van der Waals surface area contributed by atoms with Crippen LogP contribution < -0.4 is 5.32 Å². The third kappa shape index (κ3) is 1.95. The molecule has 0 saturated heterocycles. The molecule has 14 heavy (non-hydrogen) atoms. The average Bonchev–Trinajstić information content (AvgIpc) is 2.16. The van der Waals surface area contributed by atoms with Crippen LogP contribution in [0.3, 0.4) is 0 Å². The van der Waals surface area contributed by atoms with Crippen LogP contribution in [-0.4, -0.2) is 7.05 Å². The summed E-state index contributed by atoms with van der Waals surface area (Å²) in [5, 5.41) is 2.83. The van der Waals surface area contributed by atoms with E-state index in [1.54, 1.807) is 19.2 Å². The fourth-order valence-corrected chi connectivity index (χ4v) is 1.41. The van der Waals surface area contributed by atoms with E-state index in [4.69, 9.17) is 0 Å². The molecule has 0 aliphatic heterocycles. The molecule has 0 aromatic heterocycles. The molecule has 0 aliphatic carbocycles. The molecule has 0 saturated carbocycles. The molecule has 76 valence electrons. The van der Waals surface area contributed by atoms with Gasteiger partial charge in [0.2, 0.25) is 0 Å². The van der Waals surface area contributed by atoms with Crippen molar-refractivity contribution in [1.29, 1.82) is 0 Å². The van der Waals surface area contributed by atoms with Crippen molar-refractivity contribution >= 4 is 11.8 Å². The zero-order chi connectivity index (χ0) is 10.7. The first-order valence-electron chi connectivity index (χ1n) is 4.73. The lowest BCUT2D eigenvalue weighted by Crippen LogP contribution is -1.99. The zero-order valence-electron chi connectivity index (χ0n) is 8.89.